The molecule has 116 valence electrons. The zero-order chi connectivity index (χ0) is 15.5. The van der Waals surface area contributed by atoms with Crippen LogP contribution in [0.3, 0.4) is 0 Å². The van der Waals surface area contributed by atoms with E-state index in [0.717, 1.165) is 6.54 Å². The molecule has 2 heterocycles. The number of nitrogens with zero attached hydrogens (tertiary/aromatic N) is 1. The summed E-state index contributed by atoms with van der Waals surface area (Å²) in [5.74, 6) is 1.54. The van der Waals surface area contributed by atoms with E-state index in [1.165, 1.54) is 0 Å². The van der Waals surface area contributed by atoms with Gasteiger partial charge in [0.2, 0.25) is 10.0 Å². The molecule has 8 heteroatoms. The van der Waals surface area contributed by atoms with E-state index in [9.17, 15) is 8.42 Å². The van der Waals surface area contributed by atoms with E-state index in [1.54, 1.807) is 32.3 Å². The van der Waals surface area contributed by atoms with Crippen molar-refractivity contribution in [2.75, 3.05) is 6.54 Å². The normalized spacial score (nSPS) is 13.5. The van der Waals surface area contributed by atoms with Crippen LogP contribution in [0.4, 0.5) is 0 Å². The lowest BCUT2D eigenvalue weighted by molar-refractivity contribution is 0.460. The van der Waals surface area contributed by atoms with E-state index in [2.05, 4.69) is 20.0 Å². The highest BCUT2D eigenvalue weighted by Gasteiger charge is 2.24. The number of nitrogens with one attached hydrogen (secondary N) is 3. The van der Waals surface area contributed by atoms with Crippen molar-refractivity contribution in [3.63, 3.8) is 0 Å². The molecule has 3 N–H and O–H groups in total. The van der Waals surface area contributed by atoms with Gasteiger partial charge in [0.25, 0.3) is 0 Å². The van der Waals surface area contributed by atoms with Crippen molar-refractivity contribution in [2.45, 2.75) is 38.3 Å². The van der Waals surface area contributed by atoms with Crippen molar-refractivity contribution in [3.05, 3.63) is 35.8 Å². The largest absolute Gasteiger partial charge is 0.464 e. The molecule has 0 spiro atoms. The van der Waals surface area contributed by atoms with Gasteiger partial charge < -0.3 is 14.7 Å². The van der Waals surface area contributed by atoms with Crippen LogP contribution in [0.5, 0.6) is 0 Å². The van der Waals surface area contributed by atoms with Crippen molar-refractivity contribution in [1.29, 1.82) is 0 Å². The Morgan fingerprint density at radius 2 is 2.24 bits per heavy atom. The van der Waals surface area contributed by atoms with Gasteiger partial charge in [0, 0.05) is 18.5 Å². The molecule has 2 aromatic heterocycles. The van der Waals surface area contributed by atoms with Crippen LogP contribution in [0.25, 0.3) is 0 Å². The standard InChI is InChI=1S/C13H20N4O3S/c1-4-14-8-11-7-12(10(3)20-11)21(18,19)17-9(2)13-15-5-6-16-13/h5-7,9,14,17H,4,8H2,1-3H3,(H,15,16). The van der Waals surface area contributed by atoms with Gasteiger partial charge in [0.1, 0.15) is 22.2 Å². The number of sulfonamides is 1. The predicted molar refractivity (Wildman–Crippen MR) is 78.1 cm³/mol. The molecule has 7 nitrogen and oxygen atoms in total. The quantitative estimate of drug-likeness (QED) is 0.718. The molecule has 0 fully saturated rings. The Kier molecular flexibility index (Phi) is 4.81. The number of imidazole rings is 1. The number of hydrogen-bond donors (Lipinski definition) is 3. The summed E-state index contributed by atoms with van der Waals surface area (Å²) in [7, 11) is -3.65. The Bertz CT molecular complexity index is 676. The SMILES string of the molecule is CCNCc1cc(S(=O)(=O)NC(C)c2ncc[nH]2)c(C)o1. The van der Waals surface area contributed by atoms with Gasteiger partial charge in [-0.1, -0.05) is 6.92 Å². The van der Waals surface area contributed by atoms with Gasteiger partial charge in [-0.2, -0.15) is 0 Å². The average molecular weight is 312 g/mol. The fraction of sp³-hybridized carbons (Fsp3) is 0.462. The van der Waals surface area contributed by atoms with Gasteiger partial charge in [-0.25, -0.2) is 18.1 Å². The highest BCUT2D eigenvalue weighted by molar-refractivity contribution is 7.89. The molecular weight excluding hydrogens is 292 g/mol. The maximum Gasteiger partial charge on any atom is 0.244 e. The van der Waals surface area contributed by atoms with E-state index in [-0.39, 0.29) is 4.90 Å². The minimum Gasteiger partial charge on any atom is -0.464 e. The molecule has 0 aliphatic carbocycles. The van der Waals surface area contributed by atoms with E-state index < -0.39 is 16.1 Å². The number of furan rings is 1. The molecule has 0 saturated carbocycles. The summed E-state index contributed by atoms with van der Waals surface area (Å²) in [6.07, 6.45) is 3.23. The summed E-state index contributed by atoms with van der Waals surface area (Å²) in [4.78, 5) is 7.09. The van der Waals surface area contributed by atoms with Gasteiger partial charge >= 0.3 is 0 Å². The molecule has 1 unspecified atom stereocenters. The minimum absolute atomic E-state index is 0.161. The molecule has 0 aromatic carbocycles. The maximum absolute atomic E-state index is 12.4. The van der Waals surface area contributed by atoms with Crippen LogP contribution in [0.1, 0.15) is 37.2 Å². The topological polar surface area (TPSA) is 100 Å². The summed E-state index contributed by atoms with van der Waals surface area (Å²) in [6, 6.07) is 1.10. The number of aromatic nitrogens is 2. The molecule has 0 amide bonds. The van der Waals surface area contributed by atoms with Gasteiger partial charge in [0.05, 0.1) is 12.6 Å². The van der Waals surface area contributed by atoms with E-state index in [1.807, 2.05) is 6.92 Å². The van der Waals surface area contributed by atoms with Gasteiger partial charge in [-0.3, -0.25) is 0 Å². The smallest absolute Gasteiger partial charge is 0.244 e. The molecule has 0 aliphatic heterocycles. The molecule has 0 saturated heterocycles. The summed E-state index contributed by atoms with van der Waals surface area (Å²) >= 11 is 0. The van der Waals surface area contributed by atoms with Crippen LogP contribution in [0.2, 0.25) is 0 Å². The summed E-state index contributed by atoms with van der Waals surface area (Å²) < 4.78 is 32.9. The lowest BCUT2D eigenvalue weighted by Gasteiger charge is -2.11. The highest BCUT2D eigenvalue weighted by atomic mass is 32.2. The molecular formula is C13H20N4O3S. The van der Waals surface area contributed by atoms with E-state index in [0.29, 0.717) is 23.9 Å². The molecule has 0 aliphatic rings. The Hall–Kier alpha value is -1.64. The Balaban J connectivity index is 2.17. The van der Waals surface area contributed by atoms with Crippen LogP contribution in [-0.2, 0) is 16.6 Å². The maximum atomic E-state index is 12.4. The lowest BCUT2D eigenvalue weighted by Crippen LogP contribution is -2.27. The zero-order valence-corrected chi connectivity index (χ0v) is 13.1. The third-order valence-corrected chi connectivity index (χ3v) is 4.67. The number of aryl methyl sites for hydroxylation is 1. The summed E-state index contributed by atoms with van der Waals surface area (Å²) in [6.45, 7) is 6.63. The first-order valence-electron chi connectivity index (χ1n) is 6.75. The second kappa shape index (κ2) is 6.42. The van der Waals surface area contributed by atoms with Gasteiger partial charge in [0.15, 0.2) is 0 Å². The second-order valence-corrected chi connectivity index (χ2v) is 6.41. The first-order valence-corrected chi connectivity index (χ1v) is 8.24. The molecule has 21 heavy (non-hydrogen) atoms. The Morgan fingerprint density at radius 1 is 1.48 bits per heavy atom. The third-order valence-electron chi connectivity index (χ3n) is 3.02. The molecule has 0 radical (unpaired) electrons. The molecule has 2 aromatic rings. The number of rotatable bonds is 7. The summed E-state index contributed by atoms with van der Waals surface area (Å²) in [5, 5.41) is 3.10. The minimum atomic E-state index is -3.65. The highest BCUT2D eigenvalue weighted by Crippen LogP contribution is 2.21. The fourth-order valence-corrected chi connectivity index (χ4v) is 3.40. The van der Waals surface area contributed by atoms with Crippen molar-refractivity contribution in [3.8, 4) is 0 Å². The predicted octanol–water partition coefficient (Wildman–Crippen LogP) is 1.46. The van der Waals surface area contributed by atoms with Crippen LogP contribution in [0, 0.1) is 6.92 Å². The first-order chi connectivity index (χ1) is 9.94. The Morgan fingerprint density at radius 3 is 2.86 bits per heavy atom. The first kappa shape index (κ1) is 15.7. The third kappa shape index (κ3) is 3.72. The monoisotopic (exact) mass is 312 g/mol. The average Bonchev–Trinajstić information content (AvgIpc) is 3.05. The molecule has 1 atom stereocenters. The Labute approximate surface area is 124 Å². The molecule has 2 rings (SSSR count). The van der Waals surface area contributed by atoms with Crippen LogP contribution in [-0.4, -0.2) is 24.9 Å². The number of aromatic amines is 1. The second-order valence-electron chi connectivity index (χ2n) is 4.73. The van der Waals surface area contributed by atoms with Crippen molar-refractivity contribution in [1.82, 2.24) is 20.0 Å². The van der Waals surface area contributed by atoms with Gasteiger partial charge in [-0.15, -0.1) is 0 Å². The van der Waals surface area contributed by atoms with Crippen LogP contribution >= 0.6 is 0 Å². The van der Waals surface area contributed by atoms with Crippen LogP contribution < -0.4 is 10.0 Å². The van der Waals surface area contributed by atoms with Crippen LogP contribution in [0.15, 0.2) is 27.8 Å². The van der Waals surface area contributed by atoms with Gasteiger partial charge in [-0.05, 0) is 20.4 Å². The van der Waals surface area contributed by atoms with E-state index >= 15 is 0 Å². The zero-order valence-electron chi connectivity index (χ0n) is 12.3. The molecule has 0 bridgehead atoms. The van der Waals surface area contributed by atoms with Crippen molar-refractivity contribution in [2.24, 2.45) is 0 Å². The summed E-state index contributed by atoms with van der Waals surface area (Å²) in [5.41, 5.74) is 0. The van der Waals surface area contributed by atoms with Crippen molar-refractivity contribution < 1.29 is 12.8 Å². The number of hydrogen-bond acceptors (Lipinski definition) is 5. The van der Waals surface area contributed by atoms with E-state index in [4.69, 9.17) is 4.42 Å². The lowest BCUT2D eigenvalue weighted by atomic mass is 10.3. The van der Waals surface area contributed by atoms with Crippen molar-refractivity contribution >= 4 is 10.0 Å². The fourth-order valence-electron chi connectivity index (χ4n) is 1.99. The number of H-pyrrole nitrogens is 1.